The second-order valence-corrected chi connectivity index (χ2v) is 9.51. The van der Waals surface area contributed by atoms with E-state index < -0.39 is 0 Å². The van der Waals surface area contributed by atoms with Gasteiger partial charge in [0.15, 0.2) is 0 Å². The van der Waals surface area contributed by atoms with Crippen LogP contribution in [0, 0.1) is 5.92 Å². The number of benzene rings is 2. The van der Waals surface area contributed by atoms with Crippen molar-refractivity contribution in [1.82, 2.24) is 5.32 Å². The van der Waals surface area contributed by atoms with Crippen molar-refractivity contribution in [1.29, 1.82) is 0 Å². The highest BCUT2D eigenvalue weighted by Crippen LogP contribution is 2.30. The maximum Gasteiger partial charge on any atom is 0.253 e. The fourth-order valence-electron chi connectivity index (χ4n) is 5.12. The van der Waals surface area contributed by atoms with Gasteiger partial charge < -0.3 is 15.5 Å². The Labute approximate surface area is 197 Å². The van der Waals surface area contributed by atoms with E-state index in [0.29, 0.717) is 30.1 Å². The van der Waals surface area contributed by atoms with Gasteiger partial charge in [-0.25, -0.2) is 0 Å². The first-order chi connectivity index (χ1) is 16.2. The largest absolute Gasteiger partial charge is 0.371 e. The third-order valence-electron chi connectivity index (χ3n) is 7.02. The SMILES string of the molecule is O=C(CCC1CCCC1)Nc1ccc(N2CCCCC2)c(C(=O)NCCc2ccccc2)c1. The first kappa shape index (κ1) is 23.3. The lowest BCUT2D eigenvalue weighted by atomic mass is 10.0. The van der Waals surface area contributed by atoms with Gasteiger partial charge in [0.25, 0.3) is 5.91 Å². The van der Waals surface area contributed by atoms with Crippen molar-refractivity contribution in [3.8, 4) is 0 Å². The molecule has 2 amide bonds. The van der Waals surface area contributed by atoms with E-state index in [9.17, 15) is 9.59 Å². The minimum absolute atomic E-state index is 0.0445. The Morgan fingerprint density at radius 1 is 0.909 bits per heavy atom. The number of nitrogens with one attached hydrogen (secondary N) is 2. The zero-order valence-electron chi connectivity index (χ0n) is 19.7. The van der Waals surface area contributed by atoms with E-state index in [1.165, 1.54) is 37.7 Å². The number of hydrogen-bond donors (Lipinski definition) is 2. The standard InChI is InChI=1S/C28H37N3O2/c32-27(16-13-22-11-5-6-12-22)30-24-14-15-26(31-19-7-2-8-20-31)25(21-24)28(33)29-18-17-23-9-3-1-4-10-23/h1,3-4,9-10,14-15,21-22H,2,5-8,11-13,16-20H2,(H,29,33)(H,30,32). The Hall–Kier alpha value is -2.82. The van der Waals surface area contributed by atoms with Crippen LogP contribution < -0.4 is 15.5 Å². The summed E-state index contributed by atoms with van der Waals surface area (Å²) in [7, 11) is 0. The third kappa shape index (κ3) is 6.83. The van der Waals surface area contributed by atoms with E-state index in [4.69, 9.17) is 0 Å². The van der Waals surface area contributed by atoms with Gasteiger partial charge in [-0.2, -0.15) is 0 Å². The van der Waals surface area contributed by atoms with Crippen LogP contribution in [0.2, 0.25) is 0 Å². The Kier molecular flexibility index (Phi) is 8.40. The number of piperidine rings is 1. The summed E-state index contributed by atoms with van der Waals surface area (Å²) in [6, 6.07) is 16.0. The molecular weight excluding hydrogens is 410 g/mol. The second-order valence-electron chi connectivity index (χ2n) is 9.51. The van der Waals surface area contributed by atoms with Crippen molar-refractivity contribution in [2.75, 3.05) is 29.9 Å². The van der Waals surface area contributed by atoms with Gasteiger partial charge in [0.2, 0.25) is 5.91 Å². The summed E-state index contributed by atoms with van der Waals surface area (Å²) in [6.07, 6.45) is 11.0. The van der Waals surface area contributed by atoms with Gasteiger partial charge in [-0.05, 0) is 61.8 Å². The summed E-state index contributed by atoms with van der Waals surface area (Å²) < 4.78 is 0. The van der Waals surface area contributed by atoms with Gasteiger partial charge in [0.1, 0.15) is 0 Å². The molecule has 2 fully saturated rings. The van der Waals surface area contributed by atoms with Crippen LogP contribution in [-0.2, 0) is 11.2 Å². The molecule has 1 saturated heterocycles. The van der Waals surface area contributed by atoms with E-state index in [1.807, 2.05) is 36.4 Å². The van der Waals surface area contributed by atoms with Gasteiger partial charge in [-0.1, -0.05) is 56.0 Å². The van der Waals surface area contributed by atoms with Gasteiger partial charge in [-0.15, -0.1) is 0 Å². The zero-order chi connectivity index (χ0) is 22.9. The molecule has 2 aromatic carbocycles. The minimum atomic E-state index is -0.0754. The summed E-state index contributed by atoms with van der Waals surface area (Å²) >= 11 is 0. The average molecular weight is 448 g/mol. The number of nitrogens with zero attached hydrogens (tertiary/aromatic N) is 1. The molecule has 0 unspecified atom stereocenters. The maximum atomic E-state index is 13.2. The summed E-state index contributed by atoms with van der Waals surface area (Å²) in [5.41, 5.74) is 3.53. The normalized spacial score (nSPS) is 16.5. The molecule has 0 aromatic heterocycles. The predicted octanol–water partition coefficient (Wildman–Crippen LogP) is 5.56. The first-order valence-electron chi connectivity index (χ1n) is 12.7. The molecule has 0 atom stereocenters. The molecule has 33 heavy (non-hydrogen) atoms. The molecule has 0 bridgehead atoms. The molecule has 5 heteroatoms. The molecule has 0 radical (unpaired) electrons. The molecular formula is C28H37N3O2. The van der Waals surface area contributed by atoms with Crippen LogP contribution >= 0.6 is 0 Å². The number of anilines is 2. The van der Waals surface area contributed by atoms with Gasteiger partial charge >= 0.3 is 0 Å². The third-order valence-corrected chi connectivity index (χ3v) is 7.02. The fourth-order valence-corrected chi connectivity index (χ4v) is 5.12. The van der Waals surface area contributed by atoms with Crippen molar-refractivity contribution in [2.45, 2.75) is 64.2 Å². The smallest absolute Gasteiger partial charge is 0.253 e. The average Bonchev–Trinajstić information content (AvgIpc) is 3.38. The Morgan fingerprint density at radius 2 is 1.67 bits per heavy atom. The molecule has 1 aliphatic carbocycles. The van der Waals surface area contributed by atoms with E-state index in [-0.39, 0.29) is 11.8 Å². The Bertz CT molecular complexity index is 916. The maximum absolute atomic E-state index is 13.2. The summed E-state index contributed by atoms with van der Waals surface area (Å²) in [5, 5.41) is 6.13. The Morgan fingerprint density at radius 3 is 2.42 bits per heavy atom. The van der Waals surface area contributed by atoms with Crippen molar-refractivity contribution >= 4 is 23.2 Å². The number of hydrogen-bond acceptors (Lipinski definition) is 3. The van der Waals surface area contributed by atoms with Crippen LogP contribution in [0.1, 0.15) is 73.7 Å². The molecule has 2 aliphatic rings. The van der Waals surface area contributed by atoms with Crippen molar-refractivity contribution in [3.05, 3.63) is 59.7 Å². The Balaban J connectivity index is 1.41. The van der Waals surface area contributed by atoms with E-state index >= 15 is 0 Å². The van der Waals surface area contributed by atoms with Crippen molar-refractivity contribution in [3.63, 3.8) is 0 Å². The van der Waals surface area contributed by atoms with Crippen molar-refractivity contribution in [2.24, 2.45) is 5.92 Å². The summed E-state index contributed by atoms with van der Waals surface area (Å²) in [6.45, 7) is 2.52. The first-order valence-corrected chi connectivity index (χ1v) is 12.7. The number of carbonyl (C=O) groups is 2. The number of amides is 2. The van der Waals surface area contributed by atoms with Crippen LogP contribution in [0.4, 0.5) is 11.4 Å². The molecule has 5 nitrogen and oxygen atoms in total. The quantitative estimate of drug-likeness (QED) is 0.529. The van der Waals surface area contributed by atoms with Crippen LogP contribution in [0.25, 0.3) is 0 Å². The van der Waals surface area contributed by atoms with Crippen LogP contribution in [0.15, 0.2) is 48.5 Å². The highest BCUT2D eigenvalue weighted by atomic mass is 16.2. The number of rotatable bonds is 9. The minimum Gasteiger partial charge on any atom is -0.371 e. The van der Waals surface area contributed by atoms with Crippen LogP contribution in [0.5, 0.6) is 0 Å². The van der Waals surface area contributed by atoms with Crippen LogP contribution in [-0.4, -0.2) is 31.4 Å². The van der Waals surface area contributed by atoms with Gasteiger partial charge in [0, 0.05) is 37.4 Å². The van der Waals surface area contributed by atoms with Gasteiger partial charge in [0.05, 0.1) is 5.56 Å². The second kappa shape index (κ2) is 11.9. The van der Waals surface area contributed by atoms with E-state index in [1.54, 1.807) is 0 Å². The molecule has 176 valence electrons. The van der Waals surface area contributed by atoms with E-state index in [0.717, 1.165) is 44.5 Å². The molecule has 1 heterocycles. The lowest BCUT2D eigenvalue weighted by Crippen LogP contribution is -2.33. The molecule has 1 aliphatic heterocycles. The molecule has 4 rings (SSSR count). The molecule has 2 aromatic rings. The monoisotopic (exact) mass is 447 g/mol. The number of carbonyl (C=O) groups excluding carboxylic acids is 2. The lowest BCUT2D eigenvalue weighted by Gasteiger charge is -2.30. The molecule has 1 saturated carbocycles. The van der Waals surface area contributed by atoms with E-state index in [2.05, 4.69) is 27.7 Å². The molecule has 0 spiro atoms. The van der Waals surface area contributed by atoms with Crippen LogP contribution in [0.3, 0.4) is 0 Å². The predicted molar refractivity (Wildman–Crippen MR) is 135 cm³/mol. The molecule has 2 N–H and O–H groups in total. The van der Waals surface area contributed by atoms with Crippen molar-refractivity contribution < 1.29 is 9.59 Å². The summed E-state index contributed by atoms with van der Waals surface area (Å²) in [4.78, 5) is 28.0. The highest BCUT2D eigenvalue weighted by molar-refractivity contribution is 6.02. The van der Waals surface area contributed by atoms with Gasteiger partial charge in [-0.3, -0.25) is 9.59 Å². The highest BCUT2D eigenvalue weighted by Gasteiger charge is 2.20. The lowest BCUT2D eigenvalue weighted by molar-refractivity contribution is -0.116. The topological polar surface area (TPSA) is 61.4 Å². The zero-order valence-corrected chi connectivity index (χ0v) is 19.7. The summed E-state index contributed by atoms with van der Waals surface area (Å²) in [5.74, 6) is 0.666. The fraction of sp³-hybridized carbons (Fsp3) is 0.500.